The van der Waals surface area contributed by atoms with Gasteiger partial charge in [0.15, 0.2) is 5.85 Å². The molecule has 0 amide bonds. The van der Waals surface area contributed by atoms with Gasteiger partial charge in [-0.2, -0.15) is 0 Å². The Morgan fingerprint density at radius 1 is 1.00 bits per heavy atom. The highest BCUT2D eigenvalue weighted by atomic mass is 31.2. The molecule has 5 nitrogen and oxygen atoms in total. The van der Waals surface area contributed by atoms with Gasteiger partial charge in [0.1, 0.15) is 5.75 Å². The standard InChI is InChI=1S/C17H22NO4P/c1-18(2)14-7-11-16(12-8-14)23(20,22-4)17(19)13-5-9-15(21-3)10-6-13/h5-12,17,19H,1-4H3/t17-,23+/m1/s1. The lowest BCUT2D eigenvalue weighted by Gasteiger charge is -2.23. The molecule has 2 atom stereocenters. The van der Waals surface area contributed by atoms with Crippen molar-refractivity contribution in [1.29, 1.82) is 0 Å². The van der Waals surface area contributed by atoms with Gasteiger partial charge in [0, 0.05) is 32.2 Å². The first-order valence-electron chi connectivity index (χ1n) is 7.18. The Kier molecular flexibility index (Phi) is 5.47. The van der Waals surface area contributed by atoms with E-state index < -0.39 is 13.2 Å². The summed E-state index contributed by atoms with van der Waals surface area (Å²) in [7, 11) is 3.33. The topological polar surface area (TPSA) is 59.0 Å². The van der Waals surface area contributed by atoms with Crippen molar-refractivity contribution in [2.45, 2.75) is 5.85 Å². The molecular formula is C17H22NO4P. The number of nitrogens with zero attached hydrogens (tertiary/aromatic N) is 1. The lowest BCUT2D eigenvalue weighted by molar-refractivity contribution is 0.228. The van der Waals surface area contributed by atoms with Gasteiger partial charge in [-0.1, -0.05) is 12.1 Å². The molecule has 23 heavy (non-hydrogen) atoms. The van der Waals surface area contributed by atoms with Crippen LogP contribution in [0.3, 0.4) is 0 Å². The van der Waals surface area contributed by atoms with E-state index in [0.29, 0.717) is 16.6 Å². The monoisotopic (exact) mass is 335 g/mol. The van der Waals surface area contributed by atoms with Gasteiger partial charge in [-0.15, -0.1) is 0 Å². The molecule has 2 aromatic rings. The van der Waals surface area contributed by atoms with Crippen LogP contribution in [0.5, 0.6) is 5.75 Å². The molecule has 124 valence electrons. The molecule has 0 aliphatic rings. The van der Waals surface area contributed by atoms with Crippen LogP contribution in [0.15, 0.2) is 48.5 Å². The van der Waals surface area contributed by atoms with Crippen LogP contribution in [0.1, 0.15) is 11.4 Å². The Bertz CT molecular complexity index is 683. The van der Waals surface area contributed by atoms with Crippen LogP contribution in [0.4, 0.5) is 5.69 Å². The highest BCUT2D eigenvalue weighted by Gasteiger charge is 2.35. The highest BCUT2D eigenvalue weighted by Crippen LogP contribution is 2.57. The number of methoxy groups -OCH3 is 1. The number of anilines is 1. The second kappa shape index (κ2) is 7.18. The first-order chi connectivity index (χ1) is 10.9. The van der Waals surface area contributed by atoms with Gasteiger partial charge >= 0.3 is 0 Å². The quantitative estimate of drug-likeness (QED) is 0.823. The Labute approximate surface area is 136 Å². The summed E-state index contributed by atoms with van der Waals surface area (Å²) in [6, 6.07) is 14.0. The summed E-state index contributed by atoms with van der Waals surface area (Å²) in [5.74, 6) is -0.563. The van der Waals surface area contributed by atoms with Crippen molar-refractivity contribution in [2.75, 3.05) is 33.2 Å². The Balaban J connectivity index is 2.36. The van der Waals surface area contributed by atoms with Gasteiger partial charge in [0.2, 0.25) is 0 Å². The molecule has 6 heteroatoms. The lowest BCUT2D eigenvalue weighted by atomic mass is 10.2. The van der Waals surface area contributed by atoms with Crippen LogP contribution in [0.25, 0.3) is 0 Å². The molecule has 2 rings (SSSR count). The fourth-order valence-corrected chi connectivity index (χ4v) is 4.10. The zero-order valence-corrected chi connectivity index (χ0v) is 14.7. The fraction of sp³-hybridized carbons (Fsp3) is 0.294. The highest BCUT2D eigenvalue weighted by molar-refractivity contribution is 7.67. The van der Waals surface area contributed by atoms with Crippen molar-refractivity contribution in [1.82, 2.24) is 0 Å². The SMILES string of the molecule is COc1ccc([C@H](O)[P@@](=O)(OC)c2ccc(N(C)C)cc2)cc1. The molecule has 0 aliphatic carbocycles. The molecule has 0 unspecified atom stereocenters. The van der Waals surface area contributed by atoms with Crippen LogP contribution < -0.4 is 14.9 Å². The first-order valence-corrected chi connectivity index (χ1v) is 8.87. The van der Waals surface area contributed by atoms with E-state index in [1.54, 1.807) is 43.5 Å². The van der Waals surface area contributed by atoms with Crippen molar-refractivity contribution < 1.29 is 18.9 Å². The van der Waals surface area contributed by atoms with Gasteiger partial charge in [-0.05, 0) is 42.0 Å². The summed E-state index contributed by atoms with van der Waals surface area (Å²) in [6.07, 6.45) is 0. The molecule has 0 fully saturated rings. The summed E-state index contributed by atoms with van der Waals surface area (Å²) in [6.45, 7) is 0. The third-order valence-corrected chi connectivity index (χ3v) is 6.24. The van der Waals surface area contributed by atoms with Crippen LogP contribution in [-0.2, 0) is 9.09 Å². The van der Waals surface area contributed by atoms with Gasteiger partial charge < -0.3 is 19.3 Å². The average Bonchev–Trinajstić information content (AvgIpc) is 2.60. The maximum absolute atomic E-state index is 13.2. The van der Waals surface area contributed by atoms with Gasteiger partial charge in [0.25, 0.3) is 7.37 Å². The number of aliphatic hydroxyl groups is 1. The van der Waals surface area contributed by atoms with Gasteiger partial charge in [-0.25, -0.2) is 0 Å². The number of hydrogen-bond acceptors (Lipinski definition) is 5. The molecule has 1 N–H and O–H groups in total. The van der Waals surface area contributed by atoms with Crippen molar-refractivity contribution in [2.24, 2.45) is 0 Å². The van der Waals surface area contributed by atoms with Crippen LogP contribution in [-0.4, -0.2) is 33.4 Å². The van der Waals surface area contributed by atoms with Crippen molar-refractivity contribution in [3.8, 4) is 5.75 Å². The minimum Gasteiger partial charge on any atom is -0.497 e. The summed E-state index contributed by atoms with van der Waals surface area (Å²) in [4.78, 5) is 1.95. The van der Waals surface area contributed by atoms with Crippen LogP contribution in [0.2, 0.25) is 0 Å². The van der Waals surface area contributed by atoms with Crippen LogP contribution in [0, 0.1) is 0 Å². The maximum Gasteiger partial charge on any atom is 0.263 e. The van der Waals surface area contributed by atoms with E-state index in [4.69, 9.17) is 9.26 Å². The van der Waals surface area contributed by atoms with E-state index in [1.807, 2.05) is 31.1 Å². The zero-order chi connectivity index (χ0) is 17.0. The number of benzene rings is 2. The van der Waals surface area contributed by atoms with Crippen molar-refractivity contribution >= 4 is 18.4 Å². The molecule has 0 spiro atoms. The van der Waals surface area contributed by atoms with Crippen molar-refractivity contribution in [3.63, 3.8) is 0 Å². The van der Waals surface area contributed by atoms with Crippen molar-refractivity contribution in [3.05, 3.63) is 54.1 Å². The number of rotatable bonds is 6. The summed E-state index contributed by atoms with van der Waals surface area (Å²) in [5.41, 5.74) is 1.50. The summed E-state index contributed by atoms with van der Waals surface area (Å²) >= 11 is 0. The minimum atomic E-state index is -3.44. The van der Waals surface area contributed by atoms with E-state index in [-0.39, 0.29) is 0 Å². The van der Waals surface area contributed by atoms with E-state index >= 15 is 0 Å². The molecular weight excluding hydrogens is 313 g/mol. The normalized spacial score (nSPS) is 14.8. The largest absolute Gasteiger partial charge is 0.497 e. The summed E-state index contributed by atoms with van der Waals surface area (Å²) < 4.78 is 23.6. The zero-order valence-electron chi connectivity index (χ0n) is 13.8. The molecule has 0 aromatic heterocycles. The Morgan fingerprint density at radius 3 is 2.00 bits per heavy atom. The third-order valence-electron chi connectivity index (χ3n) is 3.73. The summed E-state index contributed by atoms with van der Waals surface area (Å²) in [5, 5.41) is 11.1. The fourth-order valence-electron chi connectivity index (χ4n) is 2.28. The Morgan fingerprint density at radius 2 is 1.57 bits per heavy atom. The minimum absolute atomic E-state index is 0.480. The molecule has 0 saturated carbocycles. The van der Waals surface area contributed by atoms with Gasteiger partial charge in [0.05, 0.1) is 7.11 Å². The lowest BCUT2D eigenvalue weighted by Crippen LogP contribution is -2.15. The predicted octanol–water partition coefficient (Wildman–Crippen LogP) is 3.00. The molecule has 0 saturated heterocycles. The Hall–Kier alpha value is -1.81. The second-order valence-corrected chi connectivity index (χ2v) is 7.90. The molecule has 0 radical (unpaired) electrons. The smallest absolute Gasteiger partial charge is 0.263 e. The molecule has 0 heterocycles. The van der Waals surface area contributed by atoms with Crippen LogP contribution >= 0.6 is 7.37 Å². The molecule has 2 aromatic carbocycles. The van der Waals surface area contributed by atoms with Gasteiger partial charge in [-0.3, -0.25) is 4.57 Å². The number of hydrogen-bond donors (Lipinski definition) is 1. The van der Waals surface area contributed by atoms with E-state index in [2.05, 4.69) is 0 Å². The average molecular weight is 335 g/mol. The number of ether oxygens (including phenoxy) is 1. The molecule has 0 aliphatic heterocycles. The van der Waals surface area contributed by atoms with E-state index in [0.717, 1.165) is 5.69 Å². The van der Waals surface area contributed by atoms with E-state index in [1.165, 1.54) is 7.11 Å². The number of aliphatic hydroxyl groups excluding tert-OH is 1. The van der Waals surface area contributed by atoms with E-state index in [9.17, 15) is 9.67 Å². The second-order valence-electron chi connectivity index (χ2n) is 5.34. The third kappa shape index (κ3) is 3.58. The first kappa shape index (κ1) is 17.5. The maximum atomic E-state index is 13.2. The molecule has 0 bridgehead atoms. The predicted molar refractivity (Wildman–Crippen MR) is 93.0 cm³/mol.